The molecule has 1 fully saturated rings. The Labute approximate surface area is 108 Å². The molecule has 1 saturated heterocycles. The SMILES string of the molecule is CC(=O)O[C@H]1CN(CC(C)(C)C)C[C@H]1OC(C)=O. The van der Waals surface area contributed by atoms with E-state index in [-0.39, 0.29) is 29.6 Å². The summed E-state index contributed by atoms with van der Waals surface area (Å²) in [6.45, 7) is 11.3. The van der Waals surface area contributed by atoms with Crippen molar-refractivity contribution in [1.29, 1.82) is 0 Å². The highest BCUT2D eigenvalue weighted by molar-refractivity contribution is 5.67. The minimum atomic E-state index is -0.353. The first-order valence-electron chi connectivity index (χ1n) is 6.24. The third-order valence-corrected chi connectivity index (χ3v) is 2.62. The third-order valence-electron chi connectivity index (χ3n) is 2.62. The molecule has 1 aliphatic heterocycles. The Morgan fingerprint density at radius 3 is 1.72 bits per heavy atom. The standard InChI is InChI=1S/C13H23NO4/c1-9(15)17-11-6-14(8-13(3,4)5)7-12(11)18-10(2)16/h11-12H,6-8H2,1-5H3/t11-,12+. The Balaban J connectivity index is 2.63. The first-order chi connectivity index (χ1) is 8.17. The third kappa shape index (κ3) is 5.04. The summed E-state index contributed by atoms with van der Waals surface area (Å²) in [6.07, 6.45) is -0.706. The molecule has 5 heteroatoms. The molecule has 1 heterocycles. The number of likely N-dealkylation sites (tertiary alicyclic amines) is 1. The Bertz CT molecular complexity index is 297. The van der Waals surface area contributed by atoms with Crippen LogP contribution in [0.15, 0.2) is 0 Å². The highest BCUT2D eigenvalue weighted by atomic mass is 16.6. The summed E-state index contributed by atoms with van der Waals surface area (Å²) in [7, 11) is 0. The van der Waals surface area contributed by atoms with E-state index >= 15 is 0 Å². The number of carbonyl (C=O) groups excluding carboxylic acids is 2. The molecule has 0 aromatic rings. The van der Waals surface area contributed by atoms with E-state index in [1.807, 2.05) is 0 Å². The lowest BCUT2D eigenvalue weighted by Gasteiger charge is -2.25. The van der Waals surface area contributed by atoms with Crippen LogP contribution in [0, 0.1) is 5.41 Å². The summed E-state index contributed by atoms with van der Waals surface area (Å²) >= 11 is 0. The number of esters is 2. The molecule has 0 unspecified atom stereocenters. The summed E-state index contributed by atoms with van der Waals surface area (Å²) in [6, 6.07) is 0. The fourth-order valence-electron chi connectivity index (χ4n) is 2.27. The van der Waals surface area contributed by atoms with Gasteiger partial charge in [-0.05, 0) is 5.41 Å². The summed E-state index contributed by atoms with van der Waals surface area (Å²) in [5.41, 5.74) is 0.159. The van der Waals surface area contributed by atoms with Gasteiger partial charge in [-0.15, -0.1) is 0 Å². The van der Waals surface area contributed by atoms with Crippen molar-refractivity contribution in [3.05, 3.63) is 0 Å². The van der Waals surface area contributed by atoms with Gasteiger partial charge in [-0.2, -0.15) is 0 Å². The van der Waals surface area contributed by atoms with Crippen molar-refractivity contribution in [3.8, 4) is 0 Å². The van der Waals surface area contributed by atoms with Gasteiger partial charge in [0.15, 0.2) is 12.2 Å². The van der Waals surface area contributed by atoms with E-state index in [1.54, 1.807) is 0 Å². The van der Waals surface area contributed by atoms with Crippen molar-refractivity contribution >= 4 is 11.9 Å². The predicted molar refractivity (Wildman–Crippen MR) is 67.0 cm³/mol. The summed E-state index contributed by atoms with van der Waals surface area (Å²) in [4.78, 5) is 24.3. The van der Waals surface area contributed by atoms with Crippen LogP contribution in [-0.2, 0) is 19.1 Å². The number of carbonyl (C=O) groups is 2. The Morgan fingerprint density at radius 1 is 1.06 bits per heavy atom. The van der Waals surface area contributed by atoms with Gasteiger partial charge >= 0.3 is 11.9 Å². The van der Waals surface area contributed by atoms with Crippen LogP contribution < -0.4 is 0 Å². The molecule has 1 aliphatic rings. The first kappa shape index (κ1) is 15.0. The highest BCUT2D eigenvalue weighted by Crippen LogP contribution is 2.22. The summed E-state index contributed by atoms with van der Waals surface area (Å²) in [5, 5.41) is 0. The van der Waals surface area contributed by atoms with E-state index in [9.17, 15) is 9.59 Å². The van der Waals surface area contributed by atoms with Gasteiger partial charge in [-0.25, -0.2) is 0 Å². The molecule has 104 valence electrons. The molecule has 0 amide bonds. The van der Waals surface area contributed by atoms with Crippen LogP contribution in [0.5, 0.6) is 0 Å². The second-order valence-corrected chi connectivity index (χ2v) is 6.05. The van der Waals surface area contributed by atoms with Crippen molar-refractivity contribution in [3.63, 3.8) is 0 Å². The van der Waals surface area contributed by atoms with E-state index in [4.69, 9.17) is 9.47 Å². The van der Waals surface area contributed by atoms with Crippen molar-refractivity contribution < 1.29 is 19.1 Å². The molecule has 2 atom stereocenters. The lowest BCUT2D eigenvalue weighted by molar-refractivity contribution is -0.160. The lowest BCUT2D eigenvalue weighted by atomic mass is 9.96. The first-order valence-corrected chi connectivity index (χ1v) is 6.24. The van der Waals surface area contributed by atoms with Gasteiger partial charge in [0.1, 0.15) is 0 Å². The van der Waals surface area contributed by atoms with E-state index in [1.165, 1.54) is 13.8 Å². The average molecular weight is 257 g/mol. The average Bonchev–Trinajstić information content (AvgIpc) is 2.41. The lowest BCUT2D eigenvalue weighted by Crippen LogP contribution is -2.32. The maximum atomic E-state index is 11.0. The van der Waals surface area contributed by atoms with Gasteiger partial charge in [-0.1, -0.05) is 20.8 Å². The maximum Gasteiger partial charge on any atom is 0.303 e. The Morgan fingerprint density at radius 2 is 1.44 bits per heavy atom. The quantitative estimate of drug-likeness (QED) is 0.711. The molecule has 0 radical (unpaired) electrons. The zero-order valence-electron chi connectivity index (χ0n) is 11.9. The highest BCUT2D eigenvalue weighted by Gasteiger charge is 2.38. The van der Waals surface area contributed by atoms with Crippen LogP contribution in [0.1, 0.15) is 34.6 Å². The van der Waals surface area contributed by atoms with Crippen LogP contribution in [0.25, 0.3) is 0 Å². The van der Waals surface area contributed by atoms with E-state index in [0.29, 0.717) is 13.1 Å². The van der Waals surface area contributed by atoms with E-state index < -0.39 is 0 Å². The number of ether oxygens (including phenoxy) is 2. The fourth-order valence-corrected chi connectivity index (χ4v) is 2.27. The Hall–Kier alpha value is -1.10. The molecular weight excluding hydrogens is 234 g/mol. The van der Waals surface area contributed by atoms with Gasteiger partial charge < -0.3 is 9.47 Å². The molecule has 0 bridgehead atoms. The minimum Gasteiger partial charge on any atom is -0.457 e. The molecule has 0 spiro atoms. The normalized spacial score (nSPS) is 24.9. The number of nitrogens with zero attached hydrogens (tertiary/aromatic N) is 1. The number of hydrogen-bond donors (Lipinski definition) is 0. The molecular formula is C13H23NO4. The van der Waals surface area contributed by atoms with Crippen molar-refractivity contribution in [1.82, 2.24) is 4.90 Å². The number of rotatable bonds is 3. The van der Waals surface area contributed by atoms with Crippen LogP contribution in [-0.4, -0.2) is 48.7 Å². The van der Waals surface area contributed by atoms with Gasteiger partial charge in [0.2, 0.25) is 0 Å². The zero-order chi connectivity index (χ0) is 13.9. The fraction of sp³-hybridized carbons (Fsp3) is 0.846. The second-order valence-electron chi connectivity index (χ2n) is 6.05. The van der Waals surface area contributed by atoms with Crippen LogP contribution in [0.2, 0.25) is 0 Å². The van der Waals surface area contributed by atoms with Gasteiger partial charge in [0, 0.05) is 33.5 Å². The summed E-state index contributed by atoms with van der Waals surface area (Å²) < 4.78 is 10.4. The van der Waals surface area contributed by atoms with Crippen molar-refractivity contribution in [2.45, 2.75) is 46.8 Å². The molecule has 0 aromatic heterocycles. The minimum absolute atomic E-state index is 0.159. The molecule has 5 nitrogen and oxygen atoms in total. The van der Waals surface area contributed by atoms with Gasteiger partial charge in [-0.3, -0.25) is 14.5 Å². The zero-order valence-corrected chi connectivity index (χ0v) is 11.9. The Kier molecular flexibility index (Phi) is 4.73. The molecule has 0 aromatic carbocycles. The summed E-state index contributed by atoms with van der Waals surface area (Å²) in [5.74, 6) is -0.676. The molecule has 18 heavy (non-hydrogen) atoms. The molecule has 0 aliphatic carbocycles. The van der Waals surface area contributed by atoms with Gasteiger partial charge in [0.25, 0.3) is 0 Å². The van der Waals surface area contributed by atoms with Crippen molar-refractivity contribution in [2.75, 3.05) is 19.6 Å². The van der Waals surface area contributed by atoms with Crippen LogP contribution in [0.4, 0.5) is 0 Å². The number of hydrogen-bond acceptors (Lipinski definition) is 5. The topological polar surface area (TPSA) is 55.8 Å². The monoisotopic (exact) mass is 257 g/mol. The maximum absolute atomic E-state index is 11.0. The van der Waals surface area contributed by atoms with Crippen LogP contribution >= 0.6 is 0 Å². The predicted octanol–water partition coefficient (Wildman–Crippen LogP) is 1.21. The van der Waals surface area contributed by atoms with Crippen molar-refractivity contribution in [2.24, 2.45) is 5.41 Å². The van der Waals surface area contributed by atoms with Crippen LogP contribution in [0.3, 0.4) is 0 Å². The van der Waals surface area contributed by atoms with E-state index in [2.05, 4.69) is 25.7 Å². The second kappa shape index (κ2) is 5.69. The largest absolute Gasteiger partial charge is 0.457 e. The molecule has 1 rings (SSSR count). The smallest absolute Gasteiger partial charge is 0.303 e. The van der Waals surface area contributed by atoms with Gasteiger partial charge in [0.05, 0.1) is 0 Å². The molecule has 0 saturated carbocycles. The van der Waals surface area contributed by atoms with E-state index in [0.717, 1.165) is 6.54 Å². The molecule has 0 N–H and O–H groups in total.